The van der Waals surface area contributed by atoms with Crippen molar-refractivity contribution in [1.29, 1.82) is 0 Å². The van der Waals surface area contributed by atoms with E-state index in [2.05, 4.69) is 6.07 Å². The van der Waals surface area contributed by atoms with Crippen LogP contribution in [0.2, 0.25) is 0 Å². The molecule has 4 rings (SSSR count). The third kappa shape index (κ3) is 3.65. The Balaban J connectivity index is 1.53. The first-order chi connectivity index (χ1) is 12.3. The minimum Gasteiger partial charge on any atom is -0.485 e. The molecule has 0 radical (unpaired) electrons. The fourth-order valence-electron chi connectivity index (χ4n) is 3.28. The average molecular weight is 359 g/mol. The summed E-state index contributed by atoms with van der Waals surface area (Å²) in [6, 6.07) is 11.8. The van der Waals surface area contributed by atoms with Crippen molar-refractivity contribution in [2.24, 2.45) is 0 Å². The van der Waals surface area contributed by atoms with E-state index in [0.29, 0.717) is 31.3 Å². The van der Waals surface area contributed by atoms with Crippen molar-refractivity contribution in [3.63, 3.8) is 0 Å². The van der Waals surface area contributed by atoms with Gasteiger partial charge in [-0.15, -0.1) is 11.3 Å². The van der Waals surface area contributed by atoms with Crippen molar-refractivity contribution >= 4 is 17.2 Å². The number of ether oxygens (including phenoxy) is 3. The second-order valence-electron chi connectivity index (χ2n) is 6.25. The molecule has 3 heterocycles. The molecule has 0 spiro atoms. The monoisotopic (exact) mass is 359 g/mol. The SMILES string of the molecule is O=C(C1COc2ccccc2O1)N(Cc1cccs1)C1CCOCC1. The zero-order valence-corrected chi connectivity index (χ0v) is 14.7. The third-order valence-corrected chi connectivity index (χ3v) is 5.47. The number of carbonyl (C=O) groups excluding carboxylic acids is 1. The summed E-state index contributed by atoms with van der Waals surface area (Å²) in [4.78, 5) is 16.4. The van der Waals surface area contributed by atoms with Crippen LogP contribution in [-0.2, 0) is 16.1 Å². The standard InChI is InChI=1S/C19H21NO4S/c21-19(18-13-23-16-5-1-2-6-17(16)24-18)20(12-15-4-3-11-25-15)14-7-9-22-10-8-14/h1-6,11,14,18H,7-10,12-13H2. The van der Waals surface area contributed by atoms with Gasteiger partial charge >= 0.3 is 0 Å². The van der Waals surface area contributed by atoms with Crippen molar-refractivity contribution < 1.29 is 19.0 Å². The maximum Gasteiger partial charge on any atom is 0.267 e. The van der Waals surface area contributed by atoms with Crippen LogP contribution in [0.4, 0.5) is 0 Å². The molecule has 1 atom stereocenters. The number of fused-ring (bicyclic) bond motifs is 1. The molecule has 1 aromatic carbocycles. The van der Waals surface area contributed by atoms with Crippen LogP contribution in [0, 0.1) is 0 Å². The number of para-hydroxylation sites is 2. The van der Waals surface area contributed by atoms with E-state index in [4.69, 9.17) is 14.2 Å². The van der Waals surface area contributed by atoms with Gasteiger partial charge in [-0.1, -0.05) is 18.2 Å². The molecule has 1 aromatic heterocycles. The molecule has 1 amide bonds. The fourth-order valence-corrected chi connectivity index (χ4v) is 3.98. The Morgan fingerprint density at radius 1 is 1.12 bits per heavy atom. The normalized spacial score (nSPS) is 20.2. The van der Waals surface area contributed by atoms with Gasteiger partial charge in [-0.25, -0.2) is 0 Å². The van der Waals surface area contributed by atoms with E-state index in [1.54, 1.807) is 11.3 Å². The molecular weight excluding hydrogens is 338 g/mol. The predicted octanol–water partition coefficient (Wildman–Crippen LogP) is 3.10. The molecule has 1 saturated heterocycles. The van der Waals surface area contributed by atoms with Gasteiger partial charge in [0.15, 0.2) is 11.5 Å². The molecule has 2 aromatic rings. The van der Waals surface area contributed by atoms with Gasteiger partial charge in [-0.3, -0.25) is 4.79 Å². The van der Waals surface area contributed by atoms with E-state index < -0.39 is 6.10 Å². The van der Waals surface area contributed by atoms with Crippen molar-refractivity contribution in [2.45, 2.75) is 31.5 Å². The maximum atomic E-state index is 13.2. The summed E-state index contributed by atoms with van der Waals surface area (Å²) >= 11 is 1.67. The number of carbonyl (C=O) groups is 1. The molecule has 0 saturated carbocycles. The molecule has 25 heavy (non-hydrogen) atoms. The zero-order valence-electron chi connectivity index (χ0n) is 13.9. The molecule has 2 aliphatic heterocycles. The number of rotatable bonds is 4. The highest BCUT2D eigenvalue weighted by atomic mass is 32.1. The van der Waals surface area contributed by atoms with Crippen LogP contribution < -0.4 is 9.47 Å². The minimum absolute atomic E-state index is 0.00481. The number of thiophene rings is 1. The summed E-state index contributed by atoms with van der Waals surface area (Å²) in [6.07, 6.45) is 1.13. The molecule has 0 N–H and O–H groups in total. The maximum absolute atomic E-state index is 13.2. The van der Waals surface area contributed by atoms with Crippen LogP contribution in [0.25, 0.3) is 0 Å². The summed E-state index contributed by atoms with van der Waals surface area (Å²) in [5.74, 6) is 1.33. The number of benzene rings is 1. The average Bonchev–Trinajstić information content (AvgIpc) is 3.19. The third-order valence-electron chi connectivity index (χ3n) is 4.60. The van der Waals surface area contributed by atoms with Gasteiger partial charge in [-0.2, -0.15) is 0 Å². The molecule has 0 bridgehead atoms. The zero-order chi connectivity index (χ0) is 17.1. The van der Waals surface area contributed by atoms with Crippen molar-refractivity contribution in [3.8, 4) is 11.5 Å². The van der Waals surface area contributed by atoms with E-state index in [1.807, 2.05) is 40.6 Å². The number of hydrogen-bond acceptors (Lipinski definition) is 5. The summed E-state index contributed by atoms with van der Waals surface area (Å²) in [5.41, 5.74) is 0. The first-order valence-electron chi connectivity index (χ1n) is 8.60. The van der Waals surface area contributed by atoms with Crippen LogP contribution in [-0.4, -0.2) is 42.8 Å². The van der Waals surface area contributed by atoms with E-state index in [9.17, 15) is 4.79 Å². The Bertz CT molecular complexity index is 712. The van der Waals surface area contributed by atoms with Crippen molar-refractivity contribution in [2.75, 3.05) is 19.8 Å². The van der Waals surface area contributed by atoms with Gasteiger partial charge in [0.05, 0.1) is 6.54 Å². The van der Waals surface area contributed by atoms with E-state index in [1.165, 1.54) is 4.88 Å². The van der Waals surface area contributed by atoms with Crippen LogP contribution >= 0.6 is 11.3 Å². The largest absolute Gasteiger partial charge is 0.485 e. The molecular formula is C19H21NO4S. The Hall–Kier alpha value is -2.05. The van der Waals surface area contributed by atoms with Crippen LogP contribution in [0.15, 0.2) is 41.8 Å². The Morgan fingerprint density at radius 2 is 1.92 bits per heavy atom. The summed E-state index contributed by atoms with van der Waals surface area (Å²) in [6.45, 7) is 2.26. The first kappa shape index (κ1) is 16.4. The smallest absolute Gasteiger partial charge is 0.267 e. The molecule has 1 fully saturated rings. The summed E-state index contributed by atoms with van der Waals surface area (Å²) < 4.78 is 17.1. The van der Waals surface area contributed by atoms with Crippen LogP contribution in [0.3, 0.4) is 0 Å². The van der Waals surface area contributed by atoms with Gasteiger partial charge < -0.3 is 19.1 Å². The quantitative estimate of drug-likeness (QED) is 0.842. The highest BCUT2D eigenvalue weighted by Crippen LogP contribution is 2.32. The fraction of sp³-hybridized carbons (Fsp3) is 0.421. The van der Waals surface area contributed by atoms with Gasteiger partial charge in [0.25, 0.3) is 5.91 Å². The lowest BCUT2D eigenvalue weighted by Gasteiger charge is -2.37. The second-order valence-corrected chi connectivity index (χ2v) is 7.29. The Kier molecular flexibility index (Phi) is 4.90. The topological polar surface area (TPSA) is 48.0 Å². The van der Waals surface area contributed by atoms with E-state index in [-0.39, 0.29) is 18.6 Å². The van der Waals surface area contributed by atoms with E-state index in [0.717, 1.165) is 12.8 Å². The predicted molar refractivity (Wildman–Crippen MR) is 95.1 cm³/mol. The molecule has 0 aliphatic carbocycles. The highest BCUT2D eigenvalue weighted by molar-refractivity contribution is 7.09. The lowest BCUT2D eigenvalue weighted by molar-refractivity contribution is -0.146. The Morgan fingerprint density at radius 3 is 2.68 bits per heavy atom. The lowest BCUT2D eigenvalue weighted by atomic mass is 10.1. The number of nitrogens with zero attached hydrogens (tertiary/aromatic N) is 1. The highest BCUT2D eigenvalue weighted by Gasteiger charge is 2.35. The van der Waals surface area contributed by atoms with Crippen molar-refractivity contribution in [1.82, 2.24) is 4.90 Å². The molecule has 6 heteroatoms. The van der Waals surface area contributed by atoms with Gasteiger partial charge in [-0.05, 0) is 36.4 Å². The number of hydrogen-bond donors (Lipinski definition) is 0. The first-order valence-corrected chi connectivity index (χ1v) is 9.48. The van der Waals surface area contributed by atoms with Crippen LogP contribution in [0.5, 0.6) is 11.5 Å². The van der Waals surface area contributed by atoms with Crippen LogP contribution in [0.1, 0.15) is 17.7 Å². The van der Waals surface area contributed by atoms with Gasteiger partial charge in [0, 0.05) is 24.1 Å². The molecule has 2 aliphatic rings. The second kappa shape index (κ2) is 7.45. The molecule has 5 nitrogen and oxygen atoms in total. The van der Waals surface area contributed by atoms with E-state index >= 15 is 0 Å². The van der Waals surface area contributed by atoms with Gasteiger partial charge in [0.2, 0.25) is 6.10 Å². The summed E-state index contributed by atoms with van der Waals surface area (Å²) in [7, 11) is 0. The van der Waals surface area contributed by atoms with Crippen molar-refractivity contribution in [3.05, 3.63) is 46.7 Å². The molecule has 132 valence electrons. The Labute approximate surface area is 151 Å². The van der Waals surface area contributed by atoms with Gasteiger partial charge in [0.1, 0.15) is 6.61 Å². The number of amides is 1. The lowest BCUT2D eigenvalue weighted by Crippen LogP contribution is -2.51. The summed E-state index contributed by atoms with van der Waals surface area (Å²) in [5, 5.41) is 2.04. The molecule has 1 unspecified atom stereocenters. The minimum atomic E-state index is -0.599.